The molecule has 2 heterocycles. The summed E-state index contributed by atoms with van der Waals surface area (Å²) in [5.74, 6) is 0. The van der Waals surface area contributed by atoms with Crippen molar-refractivity contribution in [2.24, 2.45) is 0 Å². The fourth-order valence-corrected chi connectivity index (χ4v) is 11.0. The van der Waals surface area contributed by atoms with E-state index in [4.69, 9.17) is 0 Å². The van der Waals surface area contributed by atoms with E-state index in [0.29, 0.717) is 0 Å². The minimum Gasteiger partial charge on any atom is -0.309 e. The monoisotopic (exact) mass is 756 g/mol. The SMILES string of the molecule is C[Si](C)(C)c1cc2ccc3c(-c4ccc(-n5c6ccccc6c6ccccc65)cc4)cc(-c4ccc(-n5c6ccccc6c6ccccc65)cc4)c4ccc(c1)c2c34. The second kappa shape index (κ2) is 12.3. The van der Waals surface area contributed by atoms with Gasteiger partial charge in [0.2, 0.25) is 0 Å². The standard InChI is InChI=1S/C55H40N2Si/c1-58(2,3)41-32-37-24-30-46-48(35-20-26-39(27-21-35)56-50-16-8-4-12-42(50)43-13-5-9-17-51(43)56)34-49(47-31-25-38(33-41)54(37)55(46)47)36-22-28-40(29-23-36)57-52-18-10-6-14-44(52)45-15-7-11-19-53(45)57/h4-34H,1-3H3. The number of aromatic nitrogens is 2. The Morgan fingerprint density at radius 2 is 0.690 bits per heavy atom. The second-order valence-corrected chi connectivity index (χ2v) is 22.0. The smallest absolute Gasteiger partial charge is 0.0776 e. The molecule has 0 fully saturated rings. The van der Waals surface area contributed by atoms with Crippen LogP contribution in [0.25, 0.3) is 110 Å². The van der Waals surface area contributed by atoms with Crippen molar-refractivity contribution in [2.45, 2.75) is 19.6 Å². The van der Waals surface area contributed by atoms with Crippen molar-refractivity contribution in [3.8, 4) is 33.6 Å². The fraction of sp³-hybridized carbons (Fsp3) is 0.0545. The Bertz CT molecular complexity index is 3250. The van der Waals surface area contributed by atoms with E-state index in [1.54, 1.807) is 0 Å². The number of benzene rings is 10. The summed E-state index contributed by atoms with van der Waals surface area (Å²) in [6.07, 6.45) is 0. The third kappa shape index (κ3) is 4.84. The molecule has 12 rings (SSSR count). The van der Waals surface area contributed by atoms with Crippen molar-refractivity contribution in [1.29, 1.82) is 0 Å². The summed E-state index contributed by atoms with van der Waals surface area (Å²) in [6, 6.07) is 70.3. The average Bonchev–Trinajstić information content (AvgIpc) is 3.78. The lowest BCUT2D eigenvalue weighted by atomic mass is 9.85. The predicted molar refractivity (Wildman–Crippen MR) is 253 cm³/mol. The van der Waals surface area contributed by atoms with Crippen LogP contribution in [0.2, 0.25) is 19.6 Å². The molecule has 2 aromatic heterocycles. The highest BCUT2D eigenvalue weighted by Crippen LogP contribution is 2.45. The van der Waals surface area contributed by atoms with Crippen LogP contribution in [0.4, 0.5) is 0 Å². The summed E-state index contributed by atoms with van der Waals surface area (Å²) in [4.78, 5) is 0. The molecule has 58 heavy (non-hydrogen) atoms. The first-order chi connectivity index (χ1) is 28.4. The van der Waals surface area contributed by atoms with Crippen molar-refractivity contribution in [2.75, 3.05) is 0 Å². The van der Waals surface area contributed by atoms with E-state index in [2.05, 4.69) is 217 Å². The average molecular weight is 757 g/mol. The number of hydrogen-bond acceptors (Lipinski definition) is 0. The normalized spacial score (nSPS) is 12.4. The molecular weight excluding hydrogens is 717 g/mol. The van der Waals surface area contributed by atoms with Gasteiger partial charge in [-0.2, -0.15) is 0 Å². The molecule has 0 radical (unpaired) electrons. The zero-order valence-electron chi connectivity index (χ0n) is 32.8. The number of nitrogens with zero attached hydrogens (tertiary/aromatic N) is 2. The molecule has 0 unspecified atom stereocenters. The van der Waals surface area contributed by atoms with Crippen molar-refractivity contribution >= 4 is 89.2 Å². The van der Waals surface area contributed by atoms with Crippen LogP contribution in [0.1, 0.15) is 0 Å². The summed E-state index contributed by atoms with van der Waals surface area (Å²) in [5, 5.41) is 14.6. The van der Waals surface area contributed by atoms with Gasteiger partial charge >= 0.3 is 0 Å². The highest BCUT2D eigenvalue weighted by atomic mass is 28.3. The summed E-state index contributed by atoms with van der Waals surface area (Å²) < 4.78 is 4.80. The number of fused-ring (bicyclic) bond motifs is 6. The summed E-state index contributed by atoms with van der Waals surface area (Å²) in [5.41, 5.74) is 12.2. The van der Waals surface area contributed by atoms with Crippen LogP contribution in [0.5, 0.6) is 0 Å². The molecule has 274 valence electrons. The maximum Gasteiger partial charge on any atom is 0.0776 e. The molecule has 10 aromatic carbocycles. The Hall–Kier alpha value is -6.94. The van der Waals surface area contributed by atoms with Crippen LogP contribution in [-0.2, 0) is 0 Å². The summed E-state index contributed by atoms with van der Waals surface area (Å²) in [7, 11) is -1.54. The van der Waals surface area contributed by atoms with Gasteiger partial charge in [-0.25, -0.2) is 0 Å². The zero-order chi connectivity index (χ0) is 38.7. The Morgan fingerprint density at radius 3 is 1.05 bits per heavy atom. The highest BCUT2D eigenvalue weighted by molar-refractivity contribution is 6.89. The lowest BCUT2D eigenvalue weighted by molar-refractivity contribution is 1.18. The van der Waals surface area contributed by atoms with Gasteiger partial charge in [-0.3, -0.25) is 0 Å². The van der Waals surface area contributed by atoms with E-state index in [1.807, 2.05) is 0 Å². The minimum atomic E-state index is -1.54. The van der Waals surface area contributed by atoms with Crippen molar-refractivity contribution in [1.82, 2.24) is 9.13 Å². The third-order valence-electron chi connectivity index (χ3n) is 12.6. The van der Waals surface area contributed by atoms with Crippen molar-refractivity contribution in [3.05, 3.63) is 188 Å². The zero-order valence-corrected chi connectivity index (χ0v) is 33.8. The molecule has 0 aliphatic heterocycles. The minimum absolute atomic E-state index is 1.17. The molecule has 2 nitrogen and oxygen atoms in total. The van der Waals surface area contributed by atoms with Gasteiger partial charge in [0.05, 0.1) is 30.1 Å². The topological polar surface area (TPSA) is 9.86 Å². The first kappa shape index (κ1) is 33.2. The molecule has 0 bridgehead atoms. The third-order valence-corrected chi connectivity index (χ3v) is 14.6. The van der Waals surface area contributed by atoms with E-state index in [9.17, 15) is 0 Å². The van der Waals surface area contributed by atoms with Crippen LogP contribution in [-0.4, -0.2) is 17.2 Å². The maximum atomic E-state index is 2.47. The van der Waals surface area contributed by atoms with Gasteiger partial charge in [0.15, 0.2) is 0 Å². The summed E-state index contributed by atoms with van der Waals surface area (Å²) in [6.45, 7) is 7.34. The molecule has 0 aliphatic carbocycles. The Kier molecular flexibility index (Phi) is 7.03. The van der Waals surface area contributed by atoms with Crippen LogP contribution in [0, 0.1) is 0 Å². The summed E-state index contributed by atoms with van der Waals surface area (Å²) >= 11 is 0. The van der Waals surface area contributed by atoms with Crippen molar-refractivity contribution < 1.29 is 0 Å². The van der Waals surface area contributed by atoms with E-state index in [-0.39, 0.29) is 0 Å². The van der Waals surface area contributed by atoms with Gasteiger partial charge in [-0.1, -0.05) is 158 Å². The molecule has 0 spiro atoms. The van der Waals surface area contributed by atoms with Gasteiger partial charge in [0.25, 0.3) is 0 Å². The van der Waals surface area contributed by atoms with E-state index in [0.717, 1.165) is 0 Å². The lowest BCUT2D eigenvalue weighted by Crippen LogP contribution is -2.37. The Morgan fingerprint density at radius 1 is 0.328 bits per heavy atom. The Balaban J connectivity index is 1.07. The largest absolute Gasteiger partial charge is 0.309 e. The van der Waals surface area contributed by atoms with Gasteiger partial charge < -0.3 is 9.13 Å². The molecule has 0 amide bonds. The van der Waals surface area contributed by atoms with Gasteiger partial charge in [-0.05, 0) is 109 Å². The first-order valence-electron chi connectivity index (χ1n) is 20.3. The van der Waals surface area contributed by atoms with Crippen LogP contribution < -0.4 is 5.19 Å². The van der Waals surface area contributed by atoms with Gasteiger partial charge in [-0.15, -0.1) is 0 Å². The molecule has 0 atom stereocenters. The van der Waals surface area contributed by atoms with E-state index < -0.39 is 8.07 Å². The molecule has 0 saturated heterocycles. The van der Waals surface area contributed by atoms with Crippen LogP contribution in [0.3, 0.4) is 0 Å². The highest BCUT2D eigenvalue weighted by Gasteiger charge is 2.22. The fourth-order valence-electron chi connectivity index (χ4n) is 9.81. The van der Waals surface area contributed by atoms with Crippen molar-refractivity contribution in [3.63, 3.8) is 0 Å². The predicted octanol–water partition coefficient (Wildman–Crippen LogP) is 14.7. The molecule has 0 aliphatic rings. The van der Waals surface area contributed by atoms with Gasteiger partial charge in [0, 0.05) is 32.9 Å². The number of hydrogen-bond donors (Lipinski definition) is 0. The molecule has 3 heteroatoms. The second-order valence-electron chi connectivity index (χ2n) is 17.0. The first-order valence-corrected chi connectivity index (χ1v) is 23.8. The lowest BCUT2D eigenvalue weighted by Gasteiger charge is -2.22. The molecule has 0 saturated carbocycles. The molecular formula is C55H40N2Si. The van der Waals surface area contributed by atoms with Crippen LogP contribution in [0.15, 0.2) is 188 Å². The number of para-hydroxylation sites is 4. The van der Waals surface area contributed by atoms with Gasteiger partial charge in [0.1, 0.15) is 0 Å². The van der Waals surface area contributed by atoms with Crippen LogP contribution >= 0.6 is 0 Å². The number of rotatable bonds is 5. The molecule has 12 aromatic rings. The maximum absolute atomic E-state index is 2.47. The van der Waals surface area contributed by atoms with E-state index >= 15 is 0 Å². The quantitative estimate of drug-likeness (QED) is 0.122. The van der Waals surface area contributed by atoms with E-state index in [1.165, 1.54) is 115 Å². The Labute approximate surface area is 338 Å². The molecule has 0 N–H and O–H groups in total.